The number of nitrogens with zero attached hydrogens (tertiary/aromatic N) is 4. The lowest BCUT2D eigenvalue weighted by Crippen LogP contribution is -2.58. The highest BCUT2D eigenvalue weighted by Gasteiger charge is 2.42. The first kappa shape index (κ1) is 24.2. The summed E-state index contributed by atoms with van der Waals surface area (Å²) in [6.45, 7) is 12.3. The second-order valence-electron chi connectivity index (χ2n) is 9.94. The van der Waals surface area contributed by atoms with E-state index in [1.54, 1.807) is 9.80 Å². The van der Waals surface area contributed by atoms with E-state index in [0.717, 1.165) is 6.54 Å². The number of ether oxygens (including phenoxy) is 2. The van der Waals surface area contributed by atoms with Gasteiger partial charge in [-0.25, -0.2) is 9.78 Å². The fourth-order valence-corrected chi connectivity index (χ4v) is 4.79. The summed E-state index contributed by atoms with van der Waals surface area (Å²) in [6.07, 6.45) is -0.400. The van der Waals surface area contributed by atoms with Crippen molar-refractivity contribution in [3.63, 3.8) is 0 Å². The van der Waals surface area contributed by atoms with Gasteiger partial charge in [-0.05, 0) is 34.6 Å². The van der Waals surface area contributed by atoms with Gasteiger partial charge in [0.15, 0.2) is 10.9 Å². The number of anilines is 1. The molecule has 9 nitrogen and oxygen atoms in total. The van der Waals surface area contributed by atoms with Crippen LogP contribution in [0, 0.1) is 0 Å². The molecule has 0 bridgehead atoms. The summed E-state index contributed by atoms with van der Waals surface area (Å²) in [5.41, 5.74) is -0.263. The molecule has 1 N–H and O–H groups in total. The first-order chi connectivity index (χ1) is 15.5. The number of rotatable bonds is 1. The lowest BCUT2D eigenvalue weighted by Gasteiger charge is -2.41. The van der Waals surface area contributed by atoms with Crippen molar-refractivity contribution >= 4 is 41.0 Å². The summed E-state index contributed by atoms with van der Waals surface area (Å²) in [6, 6.07) is -0.0147. The third-order valence-corrected chi connectivity index (χ3v) is 6.82. The lowest BCUT2D eigenvalue weighted by molar-refractivity contribution is 0.000953. The molecule has 11 heteroatoms. The van der Waals surface area contributed by atoms with Crippen LogP contribution in [-0.4, -0.2) is 89.8 Å². The number of pyridine rings is 1. The molecule has 0 aliphatic carbocycles. The maximum atomic E-state index is 13.8. The van der Waals surface area contributed by atoms with Gasteiger partial charge in [0.1, 0.15) is 28.6 Å². The SMILES string of the molecule is C[C@H]1CN(c2nc(Cl)c(Cl)c3c2C(=O)N2CCN(C(=O)OC(C)(C)C)C[C@@H]2CO3)[C@@H](C)CN1. The Morgan fingerprint density at radius 2 is 1.91 bits per heavy atom. The second-order valence-corrected chi connectivity index (χ2v) is 10.7. The molecule has 0 aromatic carbocycles. The maximum Gasteiger partial charge on any atom is 0.410 e. The van der Waals surface area contributed by atoms with Gasteiger partial charge in [0.2, 0.25) is 0 Å². The number of piperazine rings is 2. The zero-order valence-corrected chi connectivity index (χ0v) is 21.2. The molecule has 2 saturated heterocycles. The number of carbonyl (C=O) groups is 2. The van der Waals surface area contributed by atoms with Crippen molar-refractivity contribution in [2.45, 2.75) is 58.3 Å². The fourth-order valence-electron chi connectivity index (χ4n) is 4.44. The number of amides is 2. The number of hydrogen-bond donors (Lipinski definition) is 1. The highest BCUT2D eigenvalue weighted by molar-refractivity contribution is 6.42. The molecule has 3 aliphatic rings. The predicted molar refractivity (Wildman–Crippen MR) is 127 cm³/mol. The Balaban J connectivity index is 1.66. The average Bonchev–Trinajstić information content (AvgIpc) is 2.88. The van der Waals surface area contributed by atoms with Gasteiger partial charge in [-0.15, -0.1) is 0 Å². The van der Waals surface area contributed by atoms with Gasteiger partial charge in [0.25, 0.3) is 5.91 Å². The van der Waals surface area contributed by atoms with Crippen LogP contribution in [0.15, 0.2) is 0 Å². The summed E-state index contributed by atoms with van der Waals surface area (Å²) in [5.74, 6) is 0.532. The molecule has 4 heterocycles. The summed E-state index contributed by atoms with van der Waals surface area (Å²) in [5, 5.41) is 3.67. The number of hydrogen-bond acceptors (Lipinski definition) is 7. The smallest absolute Gasteiger partial charge is 0.410 e. The standard InChI is InChI=1S/C22H31Cl2N5O4/c1-12-9-29(13(2)8-25-12)19-15-17(16(23)18(24)26-19)32-11-14-10-27(6-7-28(14)20(15)30)21(31)33-22(3,4)5/h12-14,25H,6-11H2,1-5H3/t12-,13-,14+/m0/s1. The monoisotopic (exact) mass is 499 g/mol. The van der Waals surface area contributed by atoms with Crippen LogP contribution in [0.5, 0.6) is 5.75 Å². The van der Waals surface area contributed by atoms with Gasteiger partial charge in [-0.3, -0.25) is 4.79 Å². The van der Waals surface area contributed by atoms with Gasteiger partial charge >= 0.3 is 6.09 Å². The number of fused-ring (bicyclic) bond motifs is 2. The molecule has 2 amide bonds. The number of halogens is 2. The Labute approximate surface area is 204 Å². The first-order valence-corrected chi connectivity index (χ1v) is 12.0. The van der Waals surface area contributed by atoms with Gasteiger partial charge in [-0.2, -0.15) is 0 Å². The van der Waals surface area contributed by atoms with Crippen LogP contribution in [0.3, 0.4) is 0 Å². The largest absolute Gasteiger partial charge is 0.489 e. The minimum atomic E-state index is -0.595. The van der Waals surface area contributed by atoms with Crippen LogP contribution in [0.2, 0.25) is 10.2 Å². The Hall–Kier alpha value is -1.97. The number of nitrogens with one attached hydrogen (secondary N) is 1. The first-order valence-electron chi connectivity index (χ1n) is 11.3. The molecular formula is C22H31Cl2N5O4. The third kappa shape index (κ3) is 4.81. The Kier molecular flexibility index (Phi) is 6.59. The molecule has 1 aromatic rings. The summed E-state index contributed by atoms with van der Waals surface area (Å²) in [4.78, 5) is 36.4. The van der Waals surface area contributed by atoms with E-state index in [4.69, 9.17) is 32.7 Å². The Bertz CT molecular complexity index is 954. The average molecular weight is 500 g/mol. The Morgan fingerprint density at radius 3 is 2.61 bits per heavy atom. The Morgan fingerprint density at radius 1 is 1.18 bits per heavy atom. The maximum absolute atomic E-state index is 13.8. The van der Waals surface area contributed by atoms with Gasteiger partial charge in [-0.1, -0.05) is 23.2 Å². The topological polar surface area (TPSA) is 87.2 Å². The molecule has 0 spiro atoms. The van der Waals surface area contributed by atoms with E-state index in [9.17, 15) is 9.59 Å². The van der Waals surface area contributed by atoms with Crippen LogP contribution in [0.25, 0.3) is 0 Å². The number of carbonyl (C=O) groups excluding carboxylic acids is 2. The molecule has 3 atom stereocenters. The quantitative estimate of drug-likeness (QED) is 0.594. The molecule has 4 rings (SSSR count). The van der Waals surface area contributed by atoms with E-state index in [1.807, 2.05) is 20.8 Å². The van der Waals surface area contributed by atoms with Crippen LogP contribution < -0.4 is 15.0 Å². The third-order valence-electron chi connectivity index (χ3n) is 6.10. The van der Waals surface area contributed by atoms with Crippen LogP contribution in [0.4, 0.5) is 10.6 Å². The predicted octanol–water partition coefficient (Wildman–Crippen LogP) is 3.03. The molecule has 182 valence electrons. The van der Waals surface area contributed by atoms with E-state index in [0.29, 0.717) is 37.6 Å². The second kappa shape index (κ2) is 9.00. The highest BCUT2D eigenvalue weighted by atomic mass is 35.5. The summed E-state index contributed by atoms with van der Waals surface area (Å²) >= 11 is 12.8. The minimum Gasteiger partial charge on any atom is -0.489 e. The van der Waals surface area contributed by atoms with Crippen molar-refractivity contribution in [1.82, 2.24) is 20.1 Å². The molecule has 1 aromatic heterocycles. The van der Waals surface area contributed by atoms with E-state index in [1.165, 1.54) is 0 Å². The van der Waals surface area contributed by atoms with Crippen molar-refractivity contribution in [3.8, 4) is 5.75 Å². The van der Waals surface area contributed by atoms with Gasteiger partial charge in [0, 0.05) is 44.8 Å². The van der Waals surface area contributed by atoms with Crippen molar-refractivity contribution < 1.29 is 19.1 Å². The van der Waals surface area contributed by atoms with E-state index in [-0.39, 0.29) is 46.6 Å². The van der Waals surface area contributed by atoms with E-state index >= 15 is 0 Å². The molecule has 0 radical (unpaired) electrons. The van der Waals surface area contributed by atoms with Gasteiger partial charge in [0.05, 0.1) is 6.04 Å². The molecule has 0 unspecified atom stereocenters. The number of aromatic nitrogens is 1. The van der Waals surface area contributed by atoms with E-state index in [2.05, 4.69) is 29.0 Å². The van der Waals surface area contributed by atoms with Gasteiger partial charge < -0.3 is 29.5 Å². The van der Waals surface area contributed by atoms with Crippen LogP contribution >= 0.6 is 23.2 Å². The zero-order chi connectivity index (χ0) is 24.1. The van der Waals surface area contributed by atoms with Crippen LogP contribution in [-0.2, 0) is 4.74 Å². The molecule has 3 aliphatic heterocycles. The van der Waals surface area contributed by atoms with Crippen molar-refractivity contribution in [1.29, 1.82) is 0 Å². The lowest BCUT2D eigenvalue weighted by atomic mass is 10.1. The highest BCUT2D eigenvalue weighted by Crippen LogP contribution is 2.42. The minimum absolute atomic E-state index is 0.103. The fraction of sp³-hybridized carbons (Fsp3) is 0.682. The summed E-state index contributed by atoms with van der Waals surface area (Å²) in [7, 11) is 0. The zero-order valence-electron chi connectivity index (χ0n) is 19.7. The normalized spacial score (nSPS) is 25.7. The molecule has 33 heavy (non-hydrogen) atoms. The van der Waals surface area contributed by atoms with Crippen molar-refractivity contribution in [3.05, 3.63) is 15.7 Å². The molecule has 0 saturated carbocycles. The van der Waals surface area contributed by atoms with E-state index < -0.39 is 11.7 Å². The van der Waals surface area contributed by atoms with Crippen molar-refractivity contribution in [2.24, 2.45) is 0 Å². The molecule has 2 fully saturated rings. The molecular weight excluding hydrogens is 469 g/mol. The summed E-state index contributed by atoms with van der Waals surface area (Å²) < 4.78 is 11.6. The van der Waals surface area contributed by atoms with Crippen LogP contribution in [0.1, 0.15) is 45.0 Å². The van der Waals surface area contributed by atoms with Crippen molar-refractivity contribution in [2.75, 3.05) is 44.2 Å².